The summed E-state index contributed by atoms with van der Waals surface area (Å²) >= 11 is 5.90. The van der Waals surface area contributed by atoms with Crippen molar-refractivity contribution in [1.82, 2.24) is 0 Å². The molecule has 2 N–H and O–H groups in total. The van der Waals surface area contributed by atoms with Crippen LogP contribution in [-0.2, 0) is 19.4 Å². The number of hydrogen-bond donors (Lipinski definition) is 2. The van der Waals surface area contributed by atoms with Crippen LogP contribution in [0.2, 0.25) is 5.02 Å². The van der Waals surface area contributed by atoms with Crippen molar-refractivity contribution in [3.63, 3.8) is 0 Å². The van der Waals surface area contributed by atoms with Crippen LogP contribution in [0.25, 0.3) is 0 Å². The second-order valence-corrected chi connectivity index (χ2v) is 7.96. The second kappa shape index (κ2) is 9.48. The van der Waals surface area contributed by atoms with E-state index in [2.05, 4.69) is 5.32 Å². The van der Waals surface area contributed by atoms with E-state index >= 15 is 0 Å². The number of carboxylic acid groups (broad SMARTS) is 1. The molecule has 0 spiro atoms. The number of anilines is 1. The van der Waals surface area contributed by atoms with Crippen LogP contribution < -0.4 is 10.1 Å². The van der Waals surface area contributed by atoms with Gasteiger partial charge < -0.3 is 15.2 Å². The van der Waals surface area contributed by atoms with Crippen LogP contribution in [0.15, 0.2) is 18.2 Å². The quantitative estimate of drug-likeness (QED) is 0.605. The summed E-state index contributed by atoms with van der Waals surface area (Å²) in [5, 5.41) is 11.6. The minimum Gasteiger partial charge on any atom is -0.490 e. The fourth-order valence-corrected chi connectivity index (χ4v) is 2.36. The lowest BCUT2D eigenvalue weighted by molar-refractivity contribution is -0.137. The summed E-state index contributed by atoms with van der Waals surface area (Å²) in [4.78, 5) is 22.3. The molecule has 0 aromatic heterocycles. The number of amides is 1. The first kappa shape index (κ1) is 20.2. The number of aliphatic carboxylic acids is 1. The number of carboxylic acids is 1. The molecule has 1 rings (SSSR count). The number of nitrogens with one attached hydrogen (secondary N) is 1. The van der Waals surface area contributed by atoms with Gasteiger partial charge in [-0.25, -0.2) is 8.42 Å². The molecule has 134 valence electrons. The number of carbonyl (C=O) groups is 2. The molecule has 1 aromatic carbocycles. The van der Waals surface area contributed by atoms with Crippen molar-refractivity contribution in [2.45, 2.75) is 25.7 Å². The summed E-state index contributed by atoms with van der Waals surface area (Å²) < 4.78 is 27.6. The Bertz CT molecular complexity index is 689. The number of benzene rings is 1. The molecule has 9 heteroatoms. The topological polar surface area (TPSA) is 110 Å². The number of unbranched alkanes of at least 4 members (excludes halogenated alkanes) is 1. The maximum atomic E-state index is 11.9. The largest absolute Gasteiger partial charge is 0.490 e. The summed E-state index contributed by atoms with van der Waals surface area (Å²) in [6.45, 7) is -0.0397. The van der Waals surface area contributed by atoms with Crippen LogP contribution in [0.4, 0.5) is 5.69 Å². The Morgan fingerprint density at radius 3 is 2.54 bits per heavy atom. The van der Waals surface area contributed by atoms with Gasteiger partial charge in [-0.1, -0.05) is 11.6 Å². The average Bonchev–Trinajstić information content (AvgIpc) is 2.44. The first-order valence-electron chi connectivity index (χ1n) is 7.29. The van der Waals surface area contributed by atoms with E-state index in [1.807, 2.05) is 0 Å². The smallest absolute Gasteiger partial charge is 0.303 e. The van der Waals surface area contributed by atoms with Crippen LogP contribution in [0.3, 0.4) is 0 Å². The van der Waals surface area contributed by atoms with Crippen LogP contribution in [0.1, 0.15) is 25.7 Å². The van der Waals surface area contributed by atoms with Gasteiger partial charge >= 0.3 is 5.97 Å². The molecule has 0 aliphatic carbocycles. The molecule has 0 radical (unpaired) electrons. The maximum absolute atomic E-state index is 11.9. The van der Waals surface area contributed by atoms with Crippen LogP contribution in [-0.4, -0.2) is 44.0 Å². The Hall–Kier alpha value is -1.80. The Labute approximate surface area is 145 Å². The van der Waals surface area contributed by atoms with Crippen LogP contribution in [0.5, 0.6) is 5.75 Å². The van der Waals surface area contributed by atoms with Gasteiger partial charge in [-0.15, -0.1) is 0 Å². The third kappa shape index (κ3) is 8.73. The number of halogens is 1. The molecule has 1 aromatic rings. The van der Waals surface area contributed by atoms with E-state index in [-0.39, 0.29) is 31.1 Å². The van der Waals surface area contributed by atoms with Crippen molar-refractivity contribution in [2.24, 2.45) is 0 Å². The van der Waals surface area contributed by atoms with Crippen molar-refractivity contribution in [3.8, 4) is 5.75 Å². The van der Waals surface area contributed by atoms with E-state index in [4.69, 9.17) is 21.4 Å². The summed E-state index contributed by atoms with van der Waals surface area (Å²) in [7, 11) is -3.15. The maximum Gasteiger partial charge on any atom is 0.303 e. The summed E-state index contributed by atoms with van der Waals surface area (Å²) in [6.07, 6.45) is 2.16. The molecule has 1 amide bonds. The van der Waals surface area contributed by atoms with Gasteiger partial charge in [0.2, 0.25) is 5.91 Å². The van der Waals surface area contributed by atoms with E-state index in [9.17, 15) is 18.0 Å². The van der Waals surface area contributed by atoms with Gasteiger partial charge in [0.1, 0.15) is 12.4 Å². The molecular formula is C15H20ClNO6S. The lowest BCUT2D eigenvalue weighted by Gasteiger charge is -2.13. The van der Waals surface area contributed by atoms with Gasteiger partial charge in [0.05, 0.1) is 11.4 Å². The number of hydrogen-bond acceptors (Lipinski definition) is 5. The van der Waals surface area contributed by atoms with E-state index in [0.717, 1.165) is 6.26 Å². The van der Waals surface area contributed by atoms with Gasteiger partial charge in [-0.05, 0) is 31.0 Å². The van der Waals surface area contributed by atoms with Gasteiger partial charge in [-0.2, -0.15) is 0 Å². The van der Waals surface area contributed by atoms with Crippen molar-refractivity contribution < 1.29 is 27.9 Å². The monoisotopic (exact) mass is 377 g/mol. The van der Waals surface area contributed by atoms with Crippen molar-refractivity contribution >= 4 is 39.0 Å². The lowest BCUT2D eigenvalue weighted by Crippen LogP contribution is -2.15. The number of rotatable bonds is 10. The summed E-state index contributed by atoms with van der Waals surface area (Å²) in [6, 6.07) is 4.62. The zero-order valence-electron chi connectivity index (χ0n) is 13.2. The number of carbonyl (C=O) groups excluding carboxylic acids is 1. The molecule has 0 bridgehead atoms. The molecule has 0 saturated heterocycles. The highest BCUT2D eigenvalue weighted by atomic mass is 35.5. The van der Waals surface area contributed by atoms with Crippen molar-refractivity contribution in [3.05, 3.63) is 23.2 Å². The SMILES string of the molecule is CS(=O)(=O)CCOc1ccc(Cl)cc1NC(=O)CCCCC(=O)O. The Morgan fingerprint density at radius 1 is 1.25 bits per heavy atom. The third-order valence-corrected chi connectivity index (χ3v) is 4.12. The second-order valence-electron chi connectivity index (χ2n) is 5.27. The predicted molar refractivity (Wildman–Crippen MR) is 91.4 cm³/mol. The molecule has 0 fully saturated rings. The molecule has 0 saturated carbocycles. The molecule has 7 nitrogen and oxygen atoms in total. The zero-order valence-corrected chi connectivity index (χ0v) is 14.8. The Morgan fingerprint density at radius 2 is 1.92 bits per heavy atom. The molecule has 0 heterocycles. The van der Waals surface area contributed by atoms with E-state index in [1.165, 1.54) is 6.07 Å². The summed E-state index contributed by atoms with van der Waals surface area (Å²) in [5.74, 6) is -1.01. The van der Waals surface area contributed by atoms with Crippen LogP contribution >= 0.6 is 11.6 Å². The molecule has 24 heavy (non-hydrogen) atoms. The molecular weight excluding hydrogens is 358 g/mol. The number of sulfone groups is 1. The van der Waals surface area contributed by atoms with Crippen molar-refractivity contribution in [1.29, 1.82) is 0 Å². The standard InChI is InChI=1S/C15H20ClNO6S/c1-24(21,22)9-8-23-13-7-6-11(16)10-12(13)17-14(18)4-2-3-5-15(19)20/h6-7,10H,2-5,8-9H2,1H3,(H,17,18)(H,19,20). The lowest BCUT2D eigenvalue weighted by atomic mass is 10.2. The van der Waals surface area contributed by atoms with Gasteiger partial charge in [0.15, 0.2) is 9.84 Å². The van der Waals surface area contributed by atoms with Crippen molar-refractivity contribution in [2.75, 3.05) is 23.9 Å². The van der Waals surface area contributed by atoms with E-state index in [0.29, 0.717) is 29.3 Å². The first-order chi connectivity index (χ1) is 11.2. The highest BCUT2D eigenvalue weighted by Crippen LogP contribution is 2.28. The van der Waals surface area contributed by atoms with E-state index < -0.39 is 15.8 Å². The fourth-order valence-electron chi connectivity index (χ4n) is 1.80. The minimum absolute atomic E-state index is 0.0182. The average molecular weight is 378 g/mol. The van der Waals surface area contributed by atoms with E-state index in [1.54, 1.807) is 12.1 Å². The Kier molecular flexibility index (Phi) is 8.00. The molecule has 0 unspecified atom stereocenters. The van der Waals surface area contributed by atoms with Crippen LogP contribution in [0, 0.1) is 0 Å². The highest BCUT2D eigenvalue weighted by Gasteiger charge is 2.11. The minimum atomic E-state index is -3.15. The first-order valence-corrected chi connectivity index (χ1v) is 9.73. The molecule has 0 atom stereocenters. The molecule has 0 aliphatic rings. The normalized spacial score (nSPS) is 11.1. The van der Waals surface area contributed by atoms with Gasteiger partial charge in [-0.3, -0.25) is 9.59 Å². The third-order valence-electron chi connectivity index (χ3n) is 2.97. The zero-order chi connectivity index (χ0) is 18.2. The number of ether oxygens (including phenoxy) is 1. The molecule has 0 aliphatic heterocycles. The summed E-state index contributed by atoms with van der Waals surface area (Å²) in [5.41, 5.74) is 0.347. The highest BCUT2D eigenvalue weighted by molar-refractivity contribution is 7.90. The Balaban J connectivity index is 2.60. The van der Waals surface area contributed by atoms with Gasteiger partial charge in [0.25, 0.3) is 0 Å². The predicted octanol–water partition coefficient (Wildman–Crippen LogP) is 2.35. The van der Waals surface area contributed by atoms with Gasteiger partial charge in [0, 0.05) is 24.1 Å². The fraction of sp³-hybridized carbons (Fsp3) is 0.467.